The minimum absolute atomic E-state index is 0.259. The highest BCUT2D eigenvalue weighted by molar-refractivity contribution is 7.98. The molecule has 0 aliphatic carbocycles. The average molecular weight is 321 g/mol. The summed E-state index contributed by atoms with van der Waals surface area (Å²) in [5.74, 6) is 0.978. The Bertz CT molecular complexity index is 603. The van der Waals surface area contributed by atoms with Gasteiger partial charge in [-0.1, -0.05) is 11.2 Å². The number of aliphatic hydroxyl groups excluding tert-OH is 1. The van der Waals surface area contributed by atoms with Crippen molar-refractivity contribution in [2.24, 2.45) is 0 Å². The third kappa shape index (κ3) is 4.32. The second-order valence-corrected chi connectivity index (χ2v) is 5.87. The molecule has 0 bridgehead atoms. The molecule has 0 aliphatic rings. The predicted octanol–water partition coefficient (Wildman–Crippen LogP) is 1.81. The highest BCUT2D eigenvalue weighted by atomic mass is 32.2. The van der Waals surface area contributed by atoms with Crippen LogP contribution >= 0.6 is 11.8 Å². The van der Waals surface area contributed by atoms with Crippen molar-refractivity contribution < 1.29 is 14.4 Å². The maximum absolute atomic E-state index is 12.0. The van der Waals surface area contributed by atoms with Gasteiger partial charge in [0.15, 0.2) is 5.76 Å². The van der Waals surface area contributed by atoms with Gasteiger partial charge in [0, 0.05) is 19.3 Å². The molecule has 2 aromatic rings. The standard InChI is InChI=1S/C15H19N3O3S/c1-18(15(20)14(19)6-8-22-2)10-11-9-13(17-21-11)12-5-3-4-7-16-12/h3-5,7,9,14,19H,6,8,10H2,1-2H3. The van der Waals surface area contributed by atoms with E-state index in [1.54, 1.807) is 31.1 Å². The number of hydrogen-bond acceptors (Lipinski definition) is 6. The van der Waals surface area contributed by atoms with Gasteiger partial charge in [-0.3, -0.25) is 9.78 Å². The number of thioether (sulfide) groups is 1. The lowest BCUT2D eigenvalue weighted by Crippen LogP contribution is -2.36. The molecular formula is C15H19N3O3S. The van der Waals surface area contributed by atoms with E-state index in [1.165, 1.54) is 4.90 Å². The number of aromatic nitrogens is 2. The van der Waals surface area contributed by atoms with Crippen LogP contribution in [0.15, 0.2) is 35.0 Å². The van der Waals surface area contributed by atoms with E-state index in [0.717, 1.165) is 5.75 Å². The molecule has 0 fully saturated rings. The molecule has 0 saturated carbocycles. The molecule has 1 N–H and O–H groups in total. The van der Waals surface area contributed by atoms with Crippen molar-refractivity contribution in [3.63, 3.8) is 0 Å². The van der Waals surface area contributed by atoms with E-state index in [9.17, 15) is 9.90 Å². The summed E-state index contributed by atoms with van der Waals surface area (Å²) in [7, 11) is 1.63. The number of aliphatic hydroxyl groups is 1. The molecular weight excluding hydrogens is 302 g/mol. The molecule has 0 aromatic carbocycles. The van der Waals surface area contributed by atoms with Crippen LogP contribution < -0.4 is 0 Å². The fourth-order valence-corrected chi connectivity index (χ4v) is 2.40. The van der Waals surface area contributed by atoms with Crippen LogP contribution in [0.25, 0.3) is 11.4 Å². The van der Waals surface area contributed by atoms with Gasteiger partial charge in [0.05, 0.1) is 12.2 Å². The van der Waals surface area contributed by atoms with E-state index in [0.29, 0.717) is 23.6 Å². The van der Waals surface area contributed by atoms with Crippen molar-refractivity contribution in [3.8, 4) is 11.4 Å². The summed E-state index contributed by atoms with van der Waals surface area (Å²) in [6.07, 6.45) is 3.09. The second kappa shape index (κ2) is 7.95. The van der Waals surface area contributed by atoms with Gasteiger partial charge in [0.25, 0.3) is 5.91 Å². The van der Waals surface area contributed by atoms with Gasteiger partial charge in [0.2, 0.25) is 0 Å². The number of carbonyl (C=O) groups is 1. The van der Waals surface area contributed by atoms with Crippen LogP contribution in [-0.4, -0.2) is 51.2 Å². The van der Waals surface area contributed by atoms with Crippen LogP contribution in [0.3, 0.4) is 0 Å². The highest BCUT2D eigenvalue weighted by Crippen LogP contribution is 2.17. The number of rotatable bonds is 7. The number of likely N-dealkylation sites (N-methyl/N-ethyl adjacent to an activating group) is 1. The lowest BCUT2D eigenvalue weighted by atomic mass is 10.2. The van der Waals surface area contributed by atoms with Gasteiger partial charge >= 0.3 is 0 Å². The maximum Gasteiger partial charge on any atom is 0.251 e. The Balaban J connectivity index is 1.96. The van der Waals surface area contributed by atoms with Crippen LogP contribution in [0.5, 0.6) is 0 Å². The fraction of sp³-hybridized carbons (Fsp3) is 0.400. The number of hydrogen-bond donors (Lipinski definition) is 1. The van der Waals surface area contributed by atoms with Gasteiger partial charge in [-0.05, 0) is 30.6 Å². The third-order valence-electron chi connectivity index (χ3n) is 3.14. The Morgan fingerprint density at radius 1 is 1.45 bits per heavy atom. The van der Waals surface area contributed by atoms with E-state index in [4.69, 9.17) is 4.52 Å². The molecule has 118 valence electrons. The summed E-state index contributed by atoms with van der Waals surface area (Å²) in [5, 5.41) is 13.8. The number of pyridine rings is 1. The quantitative estimate of drug-likeness (QED) is 0.838. The Labute approximate surface area is 133 Å². The van der Waals surface area contributed by atoms with Crippen molar-refractivity contribution in [2.45, 2.75) is 19.1 Å². The molecule has 7 heteroatoms. The summed E-state index contributed by atoms with van der Waals surface area (Å²) in [6, 6.07) is 7.28. The monoisotopic (exact) mass is 321 g/mol. The first-order valence-electron chi connectivity index (χ1n) is 6.90. The molecule has 1 unspecified atom stereocenters. The molecule has 0 radical (unpaired) electrons. The van der Waals surface area contributed by atoms with E-state index >= 15 is 0 Å². The summed E-state index contributed by atoms with van der Waals surface area (Å²) in [4.78, 5) is 17.7. The maximum atomic E-state index is 12.0. The van der Waals surface area contributed by atoms with Crippen LogP contribution in [-0.2, 0) is 11.3 Å². The predicted molar refractivity (Wildman–Crippen MR) is 85.2 cm³/mol. The van der Waals surface area contributed by atoms with Crippen molar-refractivity contribution in [2.75, 3.05) is 19.1 Å². The summed E-state index contributed by atoms with van der Waals surface area (Å²) in [6.45, 7) is 0.259. The molecule has 1 atom stereocenters. The molecule has 0 saturated heterocycles. The molecule has 0 spiro atoms. The Morgan fingerprint density at radius 2 is 2.27 bits per heavy atom. The molecule has 1 amide bonds. The Morgan fingerprint density at radius 3 is 2.95 bits per heavy atom. The van der Waals surface area contributed by atoms with E-state index < -0.39 is 6.10 Å². The molecule has 0 aliphatic heterocycles. The van der Waals surface area contributed by atoms with Crippen molar-refractivity contribution in [1.82, 2.24) is 15.0 Å². The first kappa shape index (κ1) is 16.5. The fourth-order valence-electron chi connectivity index (χ4n) is 1.94. The second-order valence-electron chi connectivity index (χ2n) is 4.89. The zero-order chi connectivity index (χ0) is 15.9. The zero-order valence-electron chi connectivity index (χ0n) is 12.6. The van der Waals surface area contributed by atoms with Crippen molar-refractivity contribution in [1.29, 1.82) is 0 Å². The largest absolute Gasteiger partial charge is 0.383 e. The van der Waals surface area contributed by atoms with E-state index in [-0.39, 0.29) is 12.5 Å². The van der Waals surface area contributed by atoms with Crippen molar-refractivity contribution in [3.05, 3.63) is 36.2 Å². The van der Waals surface area contributed by atoms with E-state index in [2.05, 4.69) is 10.1 Å². The Hall–Kier alpha value is -1.86. The van der Waals surface area contributed by atoms with Crippen molar-refractivity contribution >= 4 is 17.7 Å². The molecule has 2 heterocycles. The lowest BCUT2D eigenvalue weighted by molar-refractivity contribution is -0.139. The number of carbonyl (C=O) groups excluding carboxylic acids is 1. The lowest BCUT2D eigenvalue weighted by Gasteiger charge is -2.19. The smallest absolute Gasteiger partial charge is 0.251 e. The normalized spacial score (nSPS) is 12.1. The van der Waals surface area contributed by atoms with Gasteiger partial charge < -0.3 is 14.5 Å². The van der Waals surface area contributed by atoms with Crippen LogP contribution in [0.2, 0.25) is 0 Å². The average Bonchev–Trinajstić information content (AvgIpc) is 3.01. The molecule has 22 heavy (non-hydrogen) atoms. The van der Waals surface area contributed by atoms with E-state index in [1.807, 2.05) is 24.5 Å². The van der Waals surface area contributed by atoms with Gasteiger partial charge in [-0.2, -0.15) is 11.8 Å². The van der Waals surface area contributed by atoms with Gasteiger partial charge in [0.1, 0.15) is 11.8 Å². The summed E-state index contributed by atoms with van der Waals surface area (Å²) in [5.41, 5.74) is 1.34. The molecule has 2 aromatic heterocycles. The SMILES string of the molecule is CSCCC(O)C(=O)N(C)Cc1cc(-c2ccccn2)no1. The Kier molecular flexibility index (Phi) is 5.97. The van der Waals surface area contributed by atoms with Gasteiger partial charge in [-0.25, -0.2) is 0 Å². The third-order valence-corrected chi connectivity index (χ3v) is 3.78. The van der Waals surface area contributed by atoms with Crippen LogP contribution in [0.1, 0.15) is 12.2 Å². The van der Waals surface area contributed by atoms with Crippen LogP contribution in [0.4, 0.5) is 0 Å². The molecule has 6 nitrogen and oxygen atoms in total. The summed E-state index contributed by atoms with van der Waals surface area (Å²) >= 11 is 1.60. The zero-order valence-corrected chi connectivity index (χ0v) is 13.4. The highest BCUT2D eigenvalue weighted by Gasteiger charge is 2.20. The number of nitrogens with zero attached hydrogens (tertiary/aromatic N) is 3. The summed E-state index contributed by atoms with van der Waals surface area (Å²) < 4.78 is 5.23. The molecule has 2 rings (SSSR count). The minimum Gasteiger partial charge on any atom is -0.383 e. The number of amides is 1. The van der Waals surface area contributed by atoms with Crippen LogP contribution in [0, 0.1) is 0 Å². The minimum atomic E-state index is -0.976. The first-order chi connectivity index (χ1) is 10.6. The first-order valence-corrected chi connectivity index (χ1v) is 8.30. The van der Waals surface area contributed by atoms with Gasteiger partial charge in [-0.15, -0.1) is 0 Å². The topological polar surface area (TPSA) is 79.5 Å².